The molecule has 0 radical (unpaired) electrons. The molecule has 0 aliphatic heterocycles. The molecule has 130 valence electrons. The molecule has 2 rings (SSSR count). The monoisotopic (exact) mass is 332 g/mol. The normalized spacial score (nSPS) is 11.1. The van der Waals surface area contributed by atoms with Crippen molar-refractivity contribution in [3.05, 3.63) is 40.0 Å². The summed E-state index contributed by atoms with van der Waals surface area (Å²) in [6, 6.07) is 2.11. The Labute approximate surface area is 141 Å². The quantitative estimate of drug-likeness (QED) is 0.597. The summed E-state index contributed by atoms with van der Waals surface area (Å²) in [5.41, 5.74) is 3.35. The Bertz CT molecular complexity index is 768. The Balaban J connectivity index is 2.13. The van der Waals surface area contributed by atoms with Gasteiger partial charge in [-0.1, -0.05) is 12.1 Å². The van der Waals surface area contributed by atoms with Crippen LogP contribution in [0.15, 0.2) is 10.6 Å². The van der Waals surface area contributed by atoms with Gasteiger partial charge in [0, 0.05) is 23.0 Å². The number of Topliss-reactive ketones (excluding diaryl/α,β-unsaturated/α-hetero) is 1. The minimum atomic E-state index is -0.573. The first-order valence-corrected chi connectivity index (χ1v) is 8.11. The first-order valence-electron chi connectivity index (χ1n) is 8.11. The lowest BCUT2D eigenvalue weighted by Crippen LogP contribution is -2.16. The van der Waals surface area contributed by atoms with E-state index in [4.69, 9.17) is 9.26 Å². The molecule has 2 aromatic rings. The number of carbonyl (C=O) groups excluding carboxylic acids is 2. The van der Waals surface area contributed by atoms with E-state index in [-0.39, 0.29) is 18.4 Å². The fraction of sp³-hybridized carbons (Fsp3) is 0.500. The minimum absolute atomic E-state index is 0.212. The Hall–Kier alpha value is -2.37. The summed E-state index contributed by atoms with van der Waals surface area (Å²) in [6.45, 7) is 11.2. The molecule has 0 bridgehead atoms. The van der Waals surface area contributed by atoms with E-state index in [1.807, 2.05) is 26.8 Å². The summed E-state index contributed by atoms with van der Waals surface area (Å²) in [4.78, 5) is 24.7. The van der Waals surface area contributed by atoms with Gasteiger partial charge >= 0.3 is 5.97 Å². The molecule has 0 aliphatic carbocycles. The zero-order chi connectivity index (χ0) is 18.0. The first-order chi connectivity index (χ1) is 11.3. The van der Waals surface area contributed by atoms with Crippen LogP contribution in [-0.2, 0) is 11.2 Å². The van der Waals surface area contributed by atoms with Crippen LogP contribution in [0.25, 0.3) is 0 Å². The molecule has 0 N–H and O–H groups in total. The van der Waals surface area contributed by atoms with Crippen molar-refractivity contribution in [2.45, 2.75) is 54.0 Å². The molecule has 6 nitrogen and oxygen atoms in total. The fourth-order valence-electron chi connectivity index (χ4n) is 3.06. The van der Waals surface area contributed by atoms with Crippen LogP contribution in [0, 0.1) is 20.8 Å². The van der Waals surface area contributed by atoms with Crippen molar-refractivity contribution in [1.29, 1.82) is 0 Å². The number of ketones is 1. The van der Waals surface area contributed by atoms with Gasteiger partial charge in [0.2, 0.25) is 5.78 Å². The van der Waals surface area contributed by atoms with Gasteiger partial charge in [-0.25, -0.2) is 4.79 Å². The summed E-state index contributed by atoms with van der Waals surface area (Å²) < 4.78 is 12.3. The predicted octanol–water partition coefficient (Wildman–Crippen LogP) is 3.58. The molecule has 0 amide bonds. The fourth-order valence-corrected chi connectivity index (χ4v) is 3.06. The second kappa shape index (κ2) is 7.03. The summed E-state index contributed by atoms with van der Waals surface area (Å²) in [6.07, 6.45) is 0.561. The van der Waals surface area contributed by atoms with Gasteiger partial charge in [0.15, 0.2) is 6.61 Å². The van der Waals surface area contributed by atoms with Gasteiger partial charge in [0.05, 0.1) is 5.69 Å². The van der Waals surface area contributed by atoms with Crippen LogP contribution in [0.2, 0.25) is 0 Å². The SMILES string of the molecule is CCc1noc(C)c1C(=O)OCC(=O)c1cc(C)n(C(C)C)c1C. The average Bonchev–Trinajstić information content (AvgIpc) is 3.04. The van der Waals surface area contributed by atoms with E-state index >= 15 is 0 Å². The zero-order valence-corrected chi connectivity index (χ0v) is 15.1. The highest BCUT2D eigenvalue weighted by Crippen LogP contribution is 2.21. The molecule has 0 aliphatic rings. The van der Waals surface area contributed by atoms with E-state index < -0.39 is 5.97 Å². The standard InChI is InChI=1S/C18H24N2O4/c1-7-15-17(13(6)24-19-15)18(22)23-9-16(21)14-8-11(4)20(10(2)3)12(14)5/h8,10H,7,9H2,1-6H3. The van der Waals surface area contributed by atoms with E-state index in [1.165, 1.54) is 0 Å². The lowest BCUT2D eigenvalue weighted by atomic mass is 10.1. The lowest BCUT2D eigenvalue weighted by molar-refractivity contribution is 0.0471. The van der Waals surface area contributed by atoms with Crippen molar-refractivity contribution in [2.24, 2.45) is 0 Å². The topological polar surface area (TPSA) is 74.3 Å². The summed E-state index contributed by atoms with van der Waals surface area (Å²) in [5, 5.41) is 3.82. The van der Waals surface area contributed by atoms with Crippen LogP contribution in [0.3, 0.4) is 0 Å². The van der Waals surface area contributed by atoms with Crippen molar-refractivity contribution in [3.8, 4) is 0 Å². The number of aryl methyl sites for hydroxylation is 3. The van der Waals surface area contributed by atoms with Gasteiger partial charge in [-0.15, -0.1) is 0 Å². The minimum Gasteiger partial charge on any atom is -0.454 e. The van der Waals surface area contributed by atoms with E-state index in [9.17, 15) is 9.59 Å². The molecule has 24 heavy (non-hydrogen) atoms. The van der Waals surface area contributed by atoms with Gasteiger partial charge < -0.3 is 13.8 Å². The molecule has 0 atom stereocenters. The van der Waals surface area contributed by atoms with Crippen LogP contribution >= 0.6 is 0 Å². The Morgan fingerprint density at radius 2 is 1.96 bits per heavy atom. The third-order valence-corrected chi connectivity index (χ3v) is 4.11. The second-order valence-corrected chi connectivity index (χ2v) is 6.16. The zero-order valence-electron chi connectivity index (χ0n) is 15.1. The summed E-state index contributed by atoms with van der Waals surface area (Å²) in [5.74, 6) is -0.380. The van der Waals surface area contributed by atoms with Crippen molar-refractivity contribution < 1.29 is 18.8 Å². The highest BCUT2D eigenvalue weighted by Gasteiger charge is 2.23. The average molecular weight is 332 g/mol. The van der Waals surface area contributed by atoms with E-state index in [0.717, 1.165) is 11.4 Å². The molecule has 0 aromatic carbocycles. The van der Waals surface area contributed by atoms with Crippen molar-refractivity contribution >= 4 is 11.8 Å². The Kier molecular flexibility index (Phi) is 5.26. The number of hydrogen-bond acceptors (Lipinski definition) is 5. The summed E-state index contributed by atoms with van der Waals surface area (Å²) >= 11 is 0. The van der Waals surface area contributed by atoms with Gasteiger partial charge in [-0.2, -0.15) is 0 Å². The molecule has 0 saturated carbocycles. The number of hydrogen-bond donors (Lipinski definition) is 0. The van der Waals surface area contributed by atoms with E-state index in [2.05, 4.69) is 23.6 Å². The van der Waals surface area contributed by atoms with Gasteiger partial charge in [0.25, 0.3) is 0 Å². The third-order valence-electron chi connectivity index (χ3n) is 4.11. The number of nitrogens with zero attached hydrogens (tertiary/aromatic N) is 2. The van der Waals surface area contributed by atoms with Crippen LogP contribution in [-0.4, -0.2) is 28.1 Å². The van der Waals surface area contributed by atoms with Crippen LogP contribution in [0.1, 0.15) is 70.4 Å². The lowest BCUT2D eigenvalue weighted by Gasteiger charge is -2.13. The summed E-state index contributed by atoms with van der Waals surface area (Å²) in [7, 11) is 0. The van der Waals surface area contributed by atoms with Crippen molar-refractivity contribution in [3.63, 3.8) is 0 Å². The number of aromatic nitrogens is 2. The number of ether oxygens (including phenoxy) is 1. The molecule has 0 fully saturated rings. The number of rotatable bonds is 6. The maximum Gasteiger partial charge on any atom is 0.344 e. The highest BCUT2D eigenvalue weighted by atomic mass is 16.5. The van der Waals surface area contributed by atoms with Crippen LogP contribution < -0.4 is 0 Å². The Morgan fingerprint density at radius 3 is 2.50 bits per heavy atom. The molecular weight excluding hydrogens is 308 g/mol. The molecular formula is C18H24N2O4. The van der Waals surface area contributed by atoms with E-state index in [0.29, 0.717) is 29.0 Å². The number of esters is 1. The molecule has 6 heteroatoms. The van der Waals surface area contributed by atoms with Gasteiger partial charge in [-0.05, 0) is 47.1 Å². The third kappa shape index (κ3) is 3.27. The molecule has 0 unspecified atom stereocenters. The molecule has 0 spiro atoms. The first kappa shape index (κ1) is 18.0. The molecule has 0 saturated heterocycles. The highest BCUT2D eigenvalue weighted by molar-refractivity contribution is 6.00. The second-order valence-electron chi connectivity index (χ2n) is 6.16. The van der Waals surface area contributed by atoms with Crippen LogP contribution in [0.5, 0.6) is 0 Å². The maximum absolute atomic E-state index is 12.4. The van der Waals surface area contributed by atoms with Crippen molar-refractivity contribution in [2.75, 3.05) is 6.61 Å². The molecule has 2 aromatic heterocycles. The van der Waals surface area contributed by atoms with Crippen molar-refractivity contribution in [1.82, 2.24) is 9.72 Å². The predicted molar refractivity (Wildman–Crippen MR) is 89.5 cm³/mol. The number of carbonyl (C=O) groups is 2. The maximum atomic E-state index is 12.4. The van der Waals surface area contributed by atoms with E-state index in [1.54, 1.807) is 6.92 Å². The van der Waals surface area contributed by atoms with Gasteiger partial charge in [-0.3, -0.25) is 4.79 Å². The Morgan fingerprint density at radius 1 is 1.29 bits per heavy atom. The van der Waals surface area contributed by atoms with Gasteiger partial charge in [0.1, 0.15) is 11.3 Å². The largest absolute Gasteiger partial charge is 0.454 e. The van der Waals surface area contributed by atoms with Crippen LogP contribution in [0.4, 0.5) is 0 Å². The smallest absolute Gasteiger partial charge is 0.344 e. The molecule has 2 heterocycles.